The van der Waals surface area contributed by atoms with Crippen LogP contribution in [-0.4, -0.2) is 43.4 Å². The number of amides is 1. The molecular formula is C18H28N4O. The normalized spacial score (nSPS) is 17.2. The van der Waals surface area contributed by atoms with Crippen LogP contribution in [0.4, 0.5) is 0 Å². The highest BCUT2D eigenvalue weighted by Gasteiger charge is 2.30. The minimum Gasteiger partial charge on any atom is -0.356 e. The van der Waals surface area contributed by atoms with Gasteiger partial charge in [-0.3, -0.25) is 9.79 Å². The summed E-state index contributed by atoms with van der Waals surface area (Å²) in [5.74, 6) is 0.949. The molecule has 0 aromatic heterocycles. The number of likely N-dealkylation sites (tertiary alicyclic amines) is 1. The van der Waals surface area contributed by atoms with Crippen LogP contribution in [0.2, 0.25) is 0 Å². The Morgan fingerprint density at radius 1 is 1.26 bits per heavy atom. The lowest BCUT2D eigenvalue weighted by atomic mass is 9.93. The number of aliphatic imine (C=N–C) groups is 1. The Hall–Kier alpha value is -2.04. The van der Waals surface area contributed by atoms with E-state index in [4.69, 9.17) is 0 Å². The lowest BCUT2D eigenvalue weighted by molar-refractivity contribution is -0.121. The van der Waals surface area contributed by atoms with Crippen molar-refractivity contribution in [3.63, 3.8) is 0 Å². The van der Waals surface area contributed by atoms with Crippen molar-refractivity contribution >= 4 is 11.9 Å². The number of carbonyl (C=O) groups excluding carboxylic acids is 1. The van der Waals surface area contributed by atoms with E-state index >= 15 is 0 Å². The van der Waals surface area contributed by atoms with Crippen LogP contribution < -0.4 is 10.6 Å². The standard InChI is InChI=1S/C18H28N4O/c1-18(2)10-12-22(14-18)17(19-3)20-11-9-16(23)21-13-15-7-5-4-6-8-15/h4-8H,9-14H2,1-3H3,(H,19,20)(H,21,23). The molecule has 5 nitrogen and oxygen atoms in total. The third-order valence-electron chi connectivity index (χ3n) is 4.16. The van der Waals surface area contributed by atoms with Gasteiger partial charge in [0, 0.05) is 39.6 Å². The average Bonchev–Trinajstić information content (AvgIpc) is 2.90. The third kappa shape index (κ3) is 5.58. The van der Waals surface area contributed by atoms with Crippen molar-refractivity contribution in [2.75, 3.05) is 26.7 Å². The van der Waals surface area contributed by atoms with Crippen molar-refractivity contribution in [2.24, 2.45) is 10.4 Å². The number of hydrogen-bond donors (Lipinski definition) is 2. The lowest BCUT2D eigenvalue weighted by Crippen LogP contribution is -2.42. The first-order chi connectivity index (χ1) is 11.0. The van der Waals surface area contributed by atoms with Crippen LogP contribution >= 0.6 is 0 Å². The summed E-state index contributed by atoms with van der Waals surface area (Å²) in [5, 5.41) is 6.23. The quantitative estimate of drug-likeness (QED) is 0.645. The van der Waals surface area contributed by atoms with E-state index < -0.39 is 0 Å². The third-order valence-corrected chi connectivity index (χ3v) is 4.16. The van der Waals surface area contributed by atoms with Gasteiger partial charge in [0.1, 0.15) is 0 Å². The van der Waals surface area contributed by atoms with Crippen LogP contribution in [0.25, 0.3) is 0 Å². The highest BCUT2D eigenvalue weighted by molar-refractivity contribution is 5.81. The first kappa shape index (κ1) is 17.3. The van der Waals surface area contributed by atoms with Gasteiger partial charge in [0.2, 0.25) is 5.91 Å². The summed E-state index contributed by atoms with van der Waals surface area (Å²) in [7, 11) is 1.79. The van der Waals surface area contributed by atoms with E-state index in [1.165, 1.54) is 6.42 Å². The van der Waals surface area contributed by atoms with Gasteiger partial charge < -0.3 is 15.5 Å². The molecule has 0 spiro atoms. The molecule has 1 aliphatic rings. The SMILES string of the molecule is CN=C(NCCC(=O)NCc1ccccc1)N1CCC(C)(C)C1. The molecule has 2 rings (SSSR count). The van der Waals surface area contributed by atoms with Gasteiger partial charge in [0.25, 0.3) is 0 Å². The van der Waals surface area contributed by atoms with E-state index in [1.54, 1.807) is 7.05 Å². The van der Waals surface area contributed by atoms with Crippen molar-refractivity contribution in [1.29, 1.82) is 0 Å². The van der Waals surface area contributed by atoms with Crippen LogP contribution in [0.1, 0.15) is 32.3 Å². The zero-order valence-electron chi connectivity index (χ0n) is 14.4. The van der Waals surface area contributed by atoms with Crippen molar-refractivity contribution in [1.82, 2.24) is 15.5 Å². The molecule has 1 aromatic rings. The Morgan fingerprint density at radius 3 is 2.61 bits per heavy atom. The second-order valence-electron chi connectivity index (χ2n) is 6.82. The minimum absolute atomic E-state index is 0.0542. The molecule has 1 aliphatic heterocycles. The number of guanidine groups is 1. The highest BCUT2D eigenvalue weighted by Crippen LogP contribution is 2.28. The molecule has 0 radical (unpaired) electrons. The van der Waals surface area contributed by atoms with Crippen LogP contribution in [-0.2, 0) is 11.3 Å². The topological polar surface area (TPSA) is 56.7 Å². The average molecular weight is 316 g/mol. The van der Waals surface area contributed by atoms with E-state index in [9.17, 15) is 4.79 Å². The van der Waals surface area contributed by atoms with Crippen molar-refractivity contribution in [3.05, 3.63) is 35.9 Å². The predicted molar refractivity (Wildman–Crippen MR) is 94.2 cm³/mol. The molecule has 126 valence electrons. The van der Waals surface area contributed by atoms with E-state index in [1.807, 2.05) is 30.3 Å². The molecule has 1 amide bonds. The summed E-state index contributed by atoms with van der Waals surface area (Å²) < 4.78 is 0. The number of hydrogen-bond acceptors (Lipinski definition) is 2. The molecule has 0 unspecified atom stereocenters. The summed E-state index contributed by atoms with van der Waals surface area (Å²) in [5.41, 5.74) is 1.45. The van der Waals surface area contributed by atoms with Crippen LogP contribution in [0.15, 0.2) is 35.3 Å². The van der Waals surface area contributed by atoms with Gasteiger partial charge in [-0.2, -0.15) is 0 Å². The predicted octanol–water partition coefficient (Wildman–Crippen LogP) is 2.00. The Kier molecular flexibility index (Phi) is 6.02. The van der Waals surface area contributed by atoms with Crippen LogP contribution in [0, 0.1) is 5.41 Å². The summed E-state index contributed by atoms with van der Waals surface area (Å²) in [6, 6.07) is 9.95. The van der Waals surface area contributed by atoms with E-state index in [-0.39, 0.29) is 5.91 Å². The number of rotatable bonds is 5. The van der Waals surface area contributed by atoms with Gasteiger partial charge >= 0.3 is 0 Å². The number of carbonyl (C=O) groups is 1. The van der Waals surface area contributed by atoms with Gasteiger partial charge in [-0.15, -0.1) is 0 Å². The Balaban J connectivity index is 1.68. The van der Waals surface area contributed by atoms with Crippen LogP contribution in [0.5, 0.6) is 0 Å². The second kappa shape index (κ2) is 7.99. The Labute approximate surface area is 139 Å². The molecule has 5 heteroatoms. The van der Waals surface area contributed by atoms with Gasteiger partial charge in [-0.25, -0.2) is 0 Å². The summed E-state index contributed by atoms with van der Waals surface area (Å²) in [4.78, 5) is 18.5. The van der Waals surface area contributed by atoms with Gasteiger partial charge in [0.05, 0.1) is 0 Å². The fourth-order valence-corrected chi connectivity index (χ4v) is 2.80. The second-order valence-corrected chi connectivity index (χ2v) is 6.82. The fraction of sp³-hybridized carbons (Fsp3) is 0.556. The summed E-state index contributed by atoms with van der Waals surface area (Å²) in [6.45, 7) is 7.76. The van der Waals surface area contributed by atoms with Crippen molar-refractivity contribution in [3.8, 4) is 0 Å². The molecule has 0 saturated carbocycles. The number of benzene rings is 1. The first-order valence-electron chi connectivity index (χ1n) is 8.26. The molecule has 0 bridgehead atoms. The number of nitrogens with zero attached hydrogens (tertiary/aromatic N) is 2. The maximum absolute atomic E-state index is 11.9. The van der Waals surface area contributed by atoms with E-state index in [0.717, 1.165) is 24.6 Å². The van der Waals surface area contributed by atoms with Crippen LogP contribution in [0.3, 0.4) is 0 Å². The molecule has 1 fully saturated rings. The molecular weight excluding hydrogens is 288 g/mol. The minimum atomic E-state index is 0.0542. The Morgan fingerprint density at radius 2 is 2.00 bits per heavy atom. The molecule has 0 atom stereocenters. The molecule has 2 N–H and O–H groups in total. The van der Waals surface area contributed by atoms with E-state index in [0.29, 0.717) is 24.9 Å². The monoisotopic (exact) mass is 316 g/mol. The first-order valence-corrected chi connectivity index (χ1v) is 8.26. The number of nitrogens with one attached hydrogen (secondary N) is 2. The van der Waals surface area contributed by atoms with Gasteiger partial charge in [0.15, 0.2) is 5.96 Å². The summed E-state index contributed by atoms with van der Waals surface area (Å²) in [6.07, 6.45) is 1.62. The highest BCUT2D eigenvalue weighted by atomic mass is 16.1. The van der Waals surface area contributed by atoms with Gasteiger partial charge in [-0.1, -0.05) is 44.2 Å². The largest absolute Gasteiger partial charge is 0.356 e. The fourth-order valence-electron chi connectivity index (χ4n) is 2.80. The van der Waals surface area contributed by atoms with Crippen molar-refractivity contribution in [2.45, 2.75) is 33.2 Å². The zero-order valence-corrected chi connectivity index (χ0v) is 14.4. The zero-order chi connectivity index (χ0) is 16.7. The summed E-state index contributed by atoms with van der Waals surface area (Å²) >= 11 is 0. The molecule has 1 heterocycles. The maximum atomic E-state index is 11.9. The maximum Gasteiger partial charge on any atom is 0.222 e. The lowest BCUT2D eigenvalue weighted by Gasteiger charge is -2.23. The molecule has 0 aliphatic carbocycles. The van der Waals surface area contributed by atoms with Gasteiger partial charge in [-0.05, 0) is 17.4 Å². The van der Waals surface area contributed by atoms with Crippen molar-refractivity contribution < 1.29 is 4.79 Å². The smallest absolute Gasteiger partial charge is 0.222 e. The molecule has 1 aromatic carbocycles. The molecule has 23 heavy (non-hydrogen) atoms. The molecule has 1 saturated heterocycles. The Bertz CT molecular complexity index is 539. The van der Waals surface area contributed by atoms with E-state index in [2.05, 4.69) is 34.4 Å².